The fourth-order valence-electron chi connectivity index (χ4n) is 3.54. The van der Waals surface area contributed by atoms with Gasteiger partial charge in [0.2, 0.25) is 0 Å². The Balaban J connectivity index is 2.03. The van der Waals surface area contributed by atoms with Crippen molar-refractivity contribution in [2.75, 3.05) is 0 Å². The van der Waals surface area contributed by atoms with E-state index in [2.05, 4.69) is 0 Å². The number of phenolic OH excluding ortho intramolecular Hbond substituents is 1. The number of benzene rings is 1. The fourth-order valence-corrected chi connectivity index (χ4v) is 3.87. The minimum absolute atomic E-state index is 0.0767. The summed E-state index contributed by atoms with van der Waals surface area (Å²) in [4.78, 5) is 11.1. The Morgan fingerprint density at radius 1 is 1.29 bits per heavy atom. The quantitative estimate of drug-likeness (QED) is 0.816. The number of halogens is 1. The smallest absolute Gasteiger partial charge is 0.303 e. The Kier molecular flexibility index (Phi) is 4.12. The molecule has 0 amide bonds. The third-order valence-corrected chi connectivity index (χ3v) is 5.23. The molecule has 2 N–H and O–H groups in total. The number of carboxylic acids is 1. The van der Waals surface area contributed by atoms with Gasteiger partial charge in [0.25, 0.3) is 0 Å². The molecule has 0 spiro atoms. The molecule has 3 rings (SSSR count). The SMILES string of the molecule is O=C(O)CC(c1cc2c(c(Cl)c1O)CCCCC2)C1CC1. The first kappa shape index (κ1) is 14.7. The molecular formula is C17H21ClO3. The van der Waals surface area contributed by atoms with Crippen LogP contribution in [0.3, 0.4) is 0 Å². The standard InChI is InChI=1S/C17H21ClO3/c18-16-12-5-3-1-2-4-11(12)8-14(17(16)21)13(9-15(19)20)10-6-7-10/h8,10,13,21H,1-7,9H2,(H,19,20). The van der Waals surface area contributed by atoms with Gasteiger partial charge in [0, 0.05) is 5.92 Å². The molecule has 0 bridgehead atoms. The Labute approximate surface area is 129 Å². The number of fused-ring (bicyclic) bond motifs is 1. The summed E-state index contributed by atoms with van der Waals surface area (Å²) >= 11 is 6.40. The van der Waals surface area contributed by atoms with E-state index in [0.29, 0.717) is 10.9 Å². The molecule has 2 aliphatic rings. The maximum absolute atomic E-state index is 11.1. The minimum atomic E-state index is -0.808. The van der Waals surface area contributed by atoms with Gasteiger partial charge in [-0.3, -0.25) is 4.79 Å². The largest absolute Gasteiger partial charge is 0.506 e. The molecule has 3 nitrogen and oxygen atoms in total. The maximum Gasteiger partial charge on any atom is 0.303 e. The normalized spacial score (nSPS) is 19.7. The Bertz CT molecular complexity index is 564. The molecule has 4 heteroatoms. The predicted molar refractivity (Wildman–Crippen MR) is 82.1 cm³/mol. The van der Waals surface area contributed by atoms with Gasteiger partial charge in [-0.1, -0.05) is 24.1 Å². The van der Waals surface area contributed by atoms with E-state index < -0.39 is 5.97 Å². The molecule has 0 aliphatic heterocycles. The molecule has 1 atom stereocenters. The van der Waals surface area contributed by atoms with Crippen LogP contribution < -0.4 is 0 Å². The number of aromatic hydroxyl groups is 1. The Morgan fingerprint density at radius 2 is 2.00 bits per heavy atom. The fraction of sp³-hybridized carbons (Fsp3) is 0.588. The second kappa shape index (κ2) is 5.88. The highest BCUT2D eigenvalue weighted by atomic mass is 35.5. The van der Waals surface area contributed by atoms with Crippen molar-refractivity contribution in [1.29, 1.82) is 0 Å². The van der Waals surface area contributed by atoms with Crippen LogP contribution in [-0.2, 0) is 17.6 Å². The summed E-state index contributed by atoms with van der Waals surface area (Å²) in [6, 6.07) is 2.04. The molecule has 0 radical (unpaired) electrons. The van der Waals surface area contributed by atoms with E-state index in [-0.39, 0.29) is 18.1 Å². The van der Waals surface area contributed by atoms with Gasteiger partial charge in [-0.15, -0.1) is 0 Å². The van der Waals surface area contributed by atoms with Crippen molar-refractivity contribution in [3.63, 3.8) is 0 Å². The number of hydrogen-bond acceptors (Lipinski definition) is 2. The van der Waals surface area contributed by atoms with E-state index in [0.717, 1.165) is 49.7 Å². The second-order valence-corrected chi connectivity index (χ2v) is 6.75. The summed E-state index contributed by atoms with van der Waals surface area (Å²) in [5, 5.41) is 20.1. The topological polar surface area (TPSA) is 57.5 Å². The van der Waals surface area contributed by atoms with Gasteiger partial charge in [0.05, 0.1) is 11.4 Å². The van der Waals surface area contributed by atoms with Gasteiger partial charge in [-0.05, 0) is 61.1 Å². The molecule has 1 aromatic carbocycles. The van der Waals surface area contributed by atoms with Crippen molar-refractivity contribution < 1.29 is 15.0 Å². The van der Waals surface area contributed by atoms with E-state index in [1.807, 2.05) is 6.07 Å². The van der Waals surface area contributed by atoms with Crippen LogP contribution >= 0.6 is 11.6 Å². The summed E-state index contributed by atoms with van der Waals surface area (Å²) in [6.07, 6.45) is 7.49. The zero-order chi connectivity index (χ0) is 15.0. The maximum atomic E-state index is 11.1. The minimum Gasteiger partial charge on any atom is -0.506 e. The number of phenols is 1. The van der Waals surface area contributed by atoms with Crippen molar-refractivity contribution in [2.24, 2.45) is 5.92 Å². The summed E-state index contributed by atoms with van der Waals surface area (Å²) in [5.41, 5.74) is 3.03. The summed E-state index contributed by atoms with van der Waals surface area (Å²) in [6.45, 7) is 0. The molecule has 0 heterocycles. The van der Waals surface area contributed by atoms with Crippen LogP contribution in [0.25, 0.3) is 0 Å². The third kappa shape index (κ3) is 3.03. The van der Waals surface area contributed by atoms with E-state index in [4.69, 9.17) is 16.7 Å². The van der Waals surface area contributed by atoms with Crippen LogP contribution in [0.15, 0.2) is 6.07 Å². The van der Waals surface area contributed by atoms with E-state index in [9.17, 15) is 9.90 Å². The van der Waals surface area contributed by atoms with Gasteiger partial charge in [-0.2, -0.15) is 0 Å². The van der Waals surface area contributed by atoms with Crippen LogP contribution in [-0.4, -0.2) is 16.2 Å². The third-order valence-electron chi connectivity index (χ3n) is 4.82. The molecule has 1 unspecified atom stereocenters. The van der Waals surface area contributed by atoms with Crippen molar-refractivity contribution in [2.45, 2.75) is 57.3 Å². The molecule has 0 aromatic heterocycles. The number of carbonyl (C=O) groups is 1. The molecule has 1 aromatic rings. The molecule has 0 saturated heterocycles. The average molecular weight is 309 g/mol. The van der Waals surface area contributed by atoms with E-state index >= 15 is 0 Å². The highest BCUT2D eigenvalue weighted by molar-refractivity contribution is 6.33. The molecule has 1 fully saturated rings. The average Bonchev–Trinajstić information content (AvgIpc) is 3.26. The lowest BCUT2D eigenvalue weighted by Crippen LogP contribution is -2.10. The highest BCUT2D eigenvalue weighted by Gasteiger charge is 2.36. The van der Waals surface area contributed by atoms with Crippen LogP contribution in [0.5, 0.6) is 5.75 Å². The summed E-state index contributed by atoms with van der Waals surface area (Å²) < 4.78 is 0. The lowest BCUT2D eigenvalue weighted by molar-refractivity contribution is -0.137. The van der Waals surface area contributed by atoms with Crippen molar-refractivity contribution in [3.8, 4) is 5.75 Å². The highest BCUT2D eigenvalue weighted by Crippen LogP contribution is 2.49. The van der Waals surface area contributed by atoms with Gasteiger partial charge in [0.15, 0.2) is 0 Å². The Morgan fingerprint density at radius 3 is 2.67 bits per heavy atom. The van der Waals surface area contributed by atoms with E-state index in [1.54, 1.807) is 0 Å². The van der Waals surface area contributed by atoms with Crippen molar-refractivity contribution >= 4 is 17.6 Å². The molecule has 114 valence electrons. The van der Waals surface area contributed by atoms with E-state index in [1.165, 1.54) is 12.0 Å². The summed E-state index contributed by atoms with van der Waals surface area (Å²) in [7, 11) is 0. The van der Waals surface area contributed by atoms with Crippen LogP contribution in [0, 0.1) is 5.92 Å². The van der Waals surface area contributed by atoms with Crippen LogP contribution in [0.2, 0.25) is 5.02 Å². The molecule has 2 aliphatic carbocycles. The number of rotatable bonds is 4. The van der Waals surface area contributed by atoms with Crippen molar-refractivity contribution in [3.05, 3.63) is 27.8 Å². The van der Waals surface area contributed by atoms with Gasteiger partial charge < -0.3 is 10.2 Å². The number of aliphatic carboxylic acids is 1. The number of aryl methyl sites for hydroxylation is 1. The number of hydrogen-bond donors (Lipinski definition) is 2. The first-order valence-electron chi connectivity index (χ1n) is 7.83. The monoisotopic (exact) mass is 308 g/mol. The van der Waals surface area contributed by atoms with Gasteiger partial charge >= 0.3 is 5.97 Å². The zero-order valence-corrected chi connectivity index (χ0v) is 12.8. The lowest BCUT2D eigenvalue weighted by atomic mass is 9.87. The van der Waals surface area contributed by atoms with Crippen molar-refractivity contribution in [1.82, 2.24) is 0 Å². The first-order valence-corrected chi connectivity index (χ1v) is 8.20. The predicted octanol–water partition coefficient (Wildman–Crippen LogP) is 4.28. The van der Waals surface area contributed by atoms with Gasteiger partial charge in [-0.25, -0.2) is 0 Å². The molecular weight excluding hydrogens is 288 g/mol. The number of carboxylic acid groups (broad SMARTS) is 1. The molecule has 21 heavy (non-hydrogen) atoms. The Hall–Kier alpha value is -1.22. The lowest BCUT2D eigenvalue weighted by Gasteiger charge is -2.20. The second-order valence-electron chi connectivity index (χ2n) is 6.37. The zero-order valence-electron chi connectivity index (χ0n) is 12.1. The van der Waals surface area contributed by atoms with Crippen LogP contribution in [0.4, 0.5) is 0 Å². The van der Waals surface area contributed by atoms with Gasteiger partial charge in [0.1, 0.15) is 5.75 Å². The molecule has 1 saturated carbocycles. The summed E-state index contributed by atoms with van der Waals surface area (Å²) in [5.74, 6) is -0.409. The van der Waals surface area contributed by atoms with Crippen LogP contribution in [0.1, 0.15) is 61.1 Å². The first-order chi connectivity index (χ1) is 10.1.